The molecule has 0 atom stereocenters. The van der Waals surface area contributed by atoms with Gasteiger partial charge in [0.15, 0.2) is 9.84 Å². The molecule has 0 aliphatic carbocycles. The molecule has 0 aliphatic heterocycles. The summed E-state index contributed by atoms with van der Waals surface area (Å²) in [4.78, 5) is -0.109. The van der Waals surface area contributed by atoms with Gasteiger partial charge in [0.1, 0.15) is 6.61 Å². The fraction of sp³-hybridized carbons (Fsp3) is 0.400. The maximum absolute atomic E-state index is 11.8. The first kappa shape index (κ1) is 16.1. The molecule has 0 saturated carbocycles. The molecule has 1 aromatic carbocycles. The second-order valence-electron chi connectivity index (χ2n) is 3.67. The van der Waals surface area contributed by atoms with Crippen LogP contribution in [0.5, 0.6) is 0 Å². The van der Waals surface area contributed by atoms with Crippen LogP contribution in [0.2, 0.25) is 5.02 Å². The van der Waals surface area contributed by atoms with Crippen molar-refractivity contribution in [3.8, 4) is 0 Å². The number of hydrogen-bond donors (Lipinski definition) is 1. The Kier molecular flexibility index (Phi) is 5.05. The Labute approximate surface area is 113 Å². The molecule has 0 saturated heterocycles. The van der Waals surface area contributed by atoms with Crippen molar-refractivity contribution < 1.29 is 26.3 Å². The van der Waals surface area contributed by atoms with Crippen molar-refractivity contribution in [2.75, 3.05) is 24.7 Å². The Hall–Kier alpha value is -0.990. The lowest BCUT2D eigenvalue weighted by Crippen LogP contribution is -2.20. The van der Waals surface area contributed by atoms with Crippen LogP contribution in [0.4, 0.5) is 18.9 Å². The van der Waals surface area contributed by atoms with Crippen LogP contribution in [-0.2, 0) is 14.6 Å². The third-order valence-electron chi connectivity index (χ3n) is 2.09. The number of sulfone groups is 1. The normalized spacial score (nSPS) is 12.6. The second-order valence-corrected chi connectivity index (χ2v) is 6.19. The number of rotatable bonds is 5. The summed E-state index contributed by atoms with van der Waals surface area (Å²) in [6.07, 6.45) is -4.48. The van der Waals surface area contributed by atoms with E-state index in [4.69, 9.17) is 17.3 Å². The van der Waals surface area contributed by atoms with E-state index in [1.165, 1.54) is 12.1 Å². The first-order chi connectivity index (χ1) is 8.62. The van der Waals surface area contributed by atoms with Gasteiger partial charge in [0.25, 0.3) is 0 Å². The summed E-state index contributed by atoms with van der Waals surface area (Å²) < 4.78 is 63.1. The number of benzene rings is 1. The molecule has 0 spiro atoms. The highest BCUT2D eigenvalue weighted by molar-refractivity contribution is 7.91. The van der Waals surface area contributed by atoms with Gasteiger partial charge in [0, 0.05) is 0 Å². The fourth-order valence-corrected chi connectivity index (χ4v) is 2.57. The van der Waals surface area contributed by atoms with Gasteiger partial charge >= 0.3 is 6.18 Å². The SMILES string of the molecule is Nc1ccc(S(=O)(=O)CCOCC(F)(F)F)cc1Cl. The molecular weight excluding hydrogens is 307 g/mol. The van der Waals surface area contributed by atoms with Crippen molar-refractivity contribution in [3.63, 3.8) is 0 Å². The van der Waals surface area contributed by atoms with E-state index in [-0.39, 0.29) is 15.6 Å². The number of ether oxygens (including phenoxy) is 1. The van der Waals surface area contributed by atoms with E-state index in [1.807, 2.05) is 0 Å². The first-order valence-electron chi connectivity index (χ1n) is 5.04. The Bertz CT molecular complexity index is 545. The monoisotopic (exact) mass is 317 g/mol. The summed E-state index contributed by atoms with van der Waals surface area (Å²) >= 11 is 5.67. The average Bonchev–Trinajstić information content (AvgIpc) is 2.27. The molecule has 4 nitrogen and oxygen atoms in total. The molecule has 1 rings (SSSR count). The molecule has 108 valence electrons. The lowest BCUT2D eigenvalue weighted by atomic mass is 10.3. The predicted molar refractivity (Wildman–Crippen MR) is 64.8 cm³/mol. The van der Waals surface area contributed by atoms with E-state index >= 15 is 0 Å². The Morgan fingerprint density at radius 3 is 2.47 bits per heavy atom. The maximum Gasteiger partial charge on any atom is 0.411 e. The minimum atomic E-state index is -4.48. The third kappa shape index (κ3) is 5.25. The Morgan fingerprint density at radius 1 is 1.32 bits per heavy atom. The van der Waals surface area contributed by atoms with Crippen LogP contribution in [0.15, 0.2) is 23.1 Å². The van der Waals surface area contributed by atoms with E-state index < -0.39 is 35.0 Å². The number of hydrogen-bond acceptors (Lipinski definition) is 4. The highest BCUT2D eigenvalue weighted by Crippen LogP contribution is 2.23. The molecule has 1 aromatic rings. The standard InChI is InChI=1S/C10H11ClF3NO3S/c11-8-5-7(1-2-9(8)15)19(16,17)4-3-18-6-10(12,13)14/h1-2,5H,3-4,6,15H2. The predicted octanol–water partition coefficient (Wildman–Crippen LogP) is 2.27. The topological polar surface area (TPSA) is 69.4 Å². The maximum atomic E-state index is 11.8. The van der Waals surface area contributed by atoms with Crippen LogP contribution in [0, 0.1) is 0 Å². The highest BCUT2D eigenvalue weighted by atomic mass is 35.5. The van der Waals surface area contributed by atoms with Crippen molar-refractivity contribution >= 4 is 27.1 Å². The molecule has 0 radical (unpaired) electrons. The smallest absolute Gasteiger partial charge is 0.398 e. The van der Waals surface area contributed by atoms with Gasteiger partial charge in [-0.1, -0.05) is 11.6 Å². The van der Waals surface area contributed by atoms with Crippen molar-refractivity contribution in [1.29, 1.82) is 0 Å². The van der Waals surface area contributed by atoms with Crippen LogP contribution >= 0.6 is 11.6 Å². The molecule has 19 heavy (non-hydrogen) atoms. The Balaban J connectivity index is 2.63. The summed E-state index contributed by atoms with van der Waals surface area (Å²) in [7, 11) is -3.75. The summed E-state index contributed by atoms with van der Waals surface area (Å²) in [6, 6.07) is 3.70. The van der Waals surface area contributed by atoms with Gasteiger partial charge in [0.2, 0.25) is 0 Å². The van der Waals surface area contributed by atoms with Crippen LogP contribution in [0.1, 0.15) is 0 Å². The van der Waals surface area contributed by atoms with E-state index in [0.29, 0.717) is 0 Å². The molecule has 0 unspecified atom stereocenters. The summed E-state index contributed by atoms with van der Waals surface area (Å²) in [6.45, 7) is -2.03. The number of halogens is 4. The van der Waals surface area contributed by atoms with Gasteiger partial charge < -0.3 is 10.5 Å². The van der Waals surface area contributed by atoms with Gasteiger partial charge in [-0.05, 0) is 18.2 Å². The van der Waals surface area contributed by atoms with Crippen molar-refractivity contribution in [3.05, 3.63) is 23.2 Å². The molecule has 0 heterocycles. The van der Waals surface area contributed by atoms with Crippen LogP contribution < -0.4 is 5.73 Å². The van der Waals surface area contributed by atoms with E-state index in [0.717, 1.165) is 6.07 Å². The van der Waals surface area contributed by atoms with E-state index in [9.17, 15) is 21.6 Å². The second kappa shape index (κ2) is 5.98. The molecule has 0 aromatic heterocycles. The third-order valence-corrected chi connectivity index (χ3v) is 4.10. The number of nitrogen functional groups attached to an aromatic ring is 1. The molecular formula is C10H11ClF3NO3S. The van der Waals surface area contributed by atoms with Gasteiger partial charge in [-0.25, -0.2) is 8.42 Å². The zero-order valence-electron chi connectivity index (χ0n) is 9.58. The fourth-order valence-electron chi connectivity index (χ4n) is 1.18. The molecule has 0 bridgehead atoms. The van der Waals surface area contributed by atoms with E-state index in [2.05, 4.69) is 4.74 Å². The lowest BCUT2D eigenvalue weighted by molar-refractivity contribution is -0.172. The highest BCUT2D eigenvalue weighted by Gasteiger charge is 2.27. The molecule has 9 heteroatoms. The largest absolute Gasteiger partial charge is 0.411 e. The Morgan fingerprint density at radius 2 is 1.95 bits per heavy atom. The minimum absolute atomic E-state index is 0.0669. The number of anilines is 1. The van der Waals surface area contributed by atoms with Gasteiger partial charge in [-0.2, -0.15) is 13.2 Å². The zero-order valence-corrected chi connectivity index (χ0v) is 11.1. The van der Waals surface area contributed by atoms with Crippen molar-refractivity contribution in [1.82, 2.24) is 0 Å². The van der Waals surface area contributed by atoms with Crippen LogP contribution in [0.25, 0.3) is 0 Å². The summed E-state index contributed by atoms with van der Waals surface area (Å²) in [5.41, 5.74) is 5.64. The van der Waals surface area contributed by atoms with Crippen molar-refractivity contribution in [2.45, 2.75) is 11.1 Å². The van der Waals surface area contributed by atoms with E-state index in [1.54, 1.807) is 0 Å². The average molecular weight is 318 g/mol. The summed E-state index contributed by atoms with van der Waals surface area (Å²) in [5.74, 6) is -0.566. The van der Waals surface area contributed by atoms with Crippen LogP contribution in [0.3, 0.4) is 0 Å². The number of nitrogens with two attached hydrogens (primary N) is 1. The first-order valence-corrected chi connectivity index (χ1v) is 7.07. The quantitative estimate of drug-likeness (QED) is 0.668. The molecule has 0 amide bonds. The van der Waals surface area contributed by atoms with Crippen LogP contribution in [-0.4, -0.2) is 33.6 Å². The zero-order chi connectivity index (χ0) is 14.7. The van der Waals surface area contributed by atoms with Crippen molar-refractivity contribution in [2.24, 2.45) is 0 Å². The molecule has 0 fully saturated rings. The van der Waals surface area contributed by atoms with Gasteiger partial charge in [0.05, 0.1) is 28.0 Å². The molecule has 0 aliphatic rings. The molecule has 2 N–H and O–H groups in total. The lowest BCUT2D eigenvalue weighted by Gasteiger charge is -2.09. The van der Waals surface area contributed by atoms with Gasteiger partial charge in [-0.3, -0.25) is 0 Å². The number of alkyl halides is 3. The summed E-state index contributed by atoms with van der Waals surface area (Å²) in [5, 5.41) is 0.0669. The minimum Gasteiger partial charge on any atom is -0.398 e. The van der Waals surface area contributed by atoms with Gasteiger partial charge in [-0.15, -0.1) is 0 Å².